The summed E-state index contributed by atoms with van der Waals surface area (Å²) >= 11 is 0. The summed E-state index contributed by atoms with van der Waals surface area (Å²) < 4.78 is 0. The van der Waals surface area contributed by atoms with E-state index in [1.807, 2.05) is 12.1 Å². The van der Waals surface area contributed by atoms with Crippen LogP contribution in [0.3, 0.4) is 0 Å². The van der Waals surface area contributed by atoms with Crippen LogP contribution < -0.4 is 5.32 Å². The van der Waals surface area contributed by atoms with Gasteiger partial charge in [0.2, 0.25) is 0 Å². The maximum Gasteiger partial charge on any atom is 0.259 e. The standard InChI is InChI=1S/C12H11NO2/c14-11-9-6-2-5-8(7-3-1-4-7)10(9)12(15)13-11/h2,5-7H,1,3-4H2,(H,13,14,15). The summed E-state index contributed by atoms with van der Waals surface area (Å²) in [5.41, 5.74) is 2.22. The Morgan fingerprint density at radius 3 is 2.60 bits per heavy atom. The molecule has 3 rings (SSSR count). The highest BCUT2D eigenvalue weighted by atomic mass is 16.2. The van der Waals surface area contributed by atoms with Crippen molar-refractivity contribution >= 4 is 11.8 Å². The Balaban J connectivity index is 2.16. The number of amides is 2. The topological polar surface area (TPSA) is 46.2 Å². The number of rotatable bonds is 1. The first-order valence-corrected chi connectivity index (χ1v) is 5.26. The number of hydrogen-bond donors (Lipinski definition) is 1. The van der Waals surface area contributed by atoms with E-state index in [0.717, 1.165) is 18.4 Å². The molecule has 1 aliphatic carbocycles. The lowest BCUT2D eigenvalue weighted by Gasteiger charge is -2.26. The van der Waals surface area contributed by atoms with E-state index < -0.39 is 0 Å². The third-order valence-electron chi connectivity index (χ3n) is 3.34. The van der Waals surface area contributed by atoms with Crippen molar-refractivity contribution in [3.63, 3.8) is 0 Å². The SMILES string of the molecule is O=C1NC(=O)c2c1cccc2C1CCC1. The molecule has 1 aliphatic heterocycles. The van der Waals surface area contributed by atoms with Crippen molar-refractivity contribution in [3.8, 4) is 0 Å². The molecular weight excluding hydrogens is 190 g/mol. The van der Waals surface area contributed by atoms with Gasteiger partial charge in [-0.1, -0.05) is 18.6 Å². The molecule has 1 aromatic rings. The van der Waals surface area contributed by atoms with E-state index in [1.165, 1.54) is 6.42 Å². The van der Waals surface area contributed by atoms with Gasteiger partial charge in [0.1, 0.15) is 0 Å². The van der Waals surface area contributed by atoms with Gasteiger partial charge >= 0.3 is 0 Å². The molecule has 0 bridgehead atoms. The van der Waals surface area contributed by atoms with Crippen molar-refractivity contribution in [3.05, 3.63) is 34.9 Å². The van der Waals surface area contributed by atoms with Crippen LogP contribution in [0.1, 0.15) is 51.5 Å². The van der Waals surface area contributed by atoms with E-state index in [0.29, 0.717) is 17.0 Å². The Labute approximate surface area is 87.5 Å². The number of carbonyl (C=O) groups excluding carboxylic acids is 2. The van der Waals surface area contributed by atoms with Crippen LogP contribution in [-0.2, 0) is 0 Å². The maximum atomic E-state index is 11.6. The van der Waals surface area contributed by atoms with Gasteiger partial charge in [0, 0.05) is 0 Å². The second-order valence-electron chi connectivity index (χ2n) is 4.18. The number of hydrogen-bond acceptors (Lipinski definition) is 2. The van der Waals surface area contributed by atoms with Gasteiger partial charge in [0.25, 0.3) is 11.8 Å². The van der Waals surface area contributed by atoms with Gasteiger partial charge in [-0.05, 0) is 30.4 Å². The average Bonchev–Trinajstić information content (AvgIpc) is 2.41. The number of imide groups is 1. The first-order chi connectivity index (χ1) is 7.27. The van der Waals surface area contributed by atoms with Crippen LogP contribution in [0.15, 0.2) is 18.2 Å². The van der Waals surface area contributed by atoms with Gasteiger partial charge in [0.15, 0.2) is 0 Å². The largest absolute Gasteiger partial charge is 0.288 e. The fourth-order valence-corrected chi connectivity index (χ4v) is 2.31. The molecule has 3 heteroatoms. The maximum absolute atomic E-state index is 11.6. The van der Waals surface area contributed by atoms with Crippen molar-refractivity contribution in [2.75, 3.05) is 0 Å². The highest BCUT2D eigenvalue weighted by Gasteiger charge is 2.33. The van der Waals surface area contributed by atoms with Crippen LogP contribution in [-0.4, -0.2) is 11.8 Å². The molecule has 1 aromatic carbocycles. The van der Waals surface area contributed by atoms with Crippen LogP contribution in [0.4, 0.5) is 0 Å². The van der Waals surface area contributed by atoms with Crippen LogP contribution in [0.2, 0.25) is 0 Å². The zero-order valence-electron chi connectivity index (χ0n) is 8.25. The number of benzene rings is 1. The first kappa shape index (κ1) is 8.65. The fourth-order valence-electron chi connectivity index (χ4n) is 2.31. The van der Waals surface area contributed by atoms with Crippen molar-refractivity contribution in [1.29, 1.82) is 0 Å². The van der Waals surface area contributed by atoms with E-state index >= 15 is 0 Å². The molecular formula is C12H11NO2. The van der Waals surface area contributed by atoms with Crippen molar-refractivity contribution in [2.45, 2.75) is 25.2 Å². The number of carbonyl (C=O) groups is 2. The average molecular weight is 201 g/mol. The minimum absolute atomic E-state index is 0.225. The predicted molar refractivity (Wildman–Crippen MR) is 54.8 cm³/mol. The molecule has 1 saturated carbocycles. The van der Waals surface area contributed by atoms with Crippen molar-refractivity contribution in [1.82, 2.24) is 5.32 Å². The van der Waals surface area contributed by atoms with E-state index in [2.05, 4.69) is 5.32 Å². The second-order valence-corrected chi connectivity index (χ2v) is 4.18. The smallest absolute Gasteiger partial charge is 0.259 e. The molecule has 2 amide bonds. The summed E-state index contributed by atoms with van der Waals surface area (Å²) in [6.45, 7) is 0. The normalized spacial score (nSPS) is 19.7. The van der Waals surface area contributed by atoms with E-state index in [-0.39, 0.29) is 11.8 Å². The molecule has 0 radical (unpaired) electrons. The van der Waals surface area contributed by atoms with Crippen LogP contribution >= 0.6 is 0 Å². The molecule has 15 heavy (non-hydrogen) atoms. The fraction of sp³-hybridized carbons (Fsp3) is 0.333. The molecule has 0 atom stereocenters. The lowest BCUT2D eigenvalue weighted by molar-refractivity contribution is 0.0879. The zero-order chi connectivity index (χ0) is 10.4. The summed E-state index contributed by atoms with van der Waals surface area (Å²) in [4.78, 5) is 23.0. The van der Waals surface area contributed by atoms with Crippen LogP contribution in [0.5, 0.6) is 0 Å². The minimum atomic E-state index is -0.254. The summed E-state index contributed by atoms with van der Waals surface area (Å²) in [5, 5.41) is 2.35. The predicted octanol–water partition coefficient (Wildman–Crippen LogP) is 1.84. The Bertz CT molecular complexity index is 461. The third-order valence-corrected chi connectivity index (χ3v) is 3.34. The molecule has 76 valence electrons. The Kier molecular flexibility index (Phi) is 1.69. The molecule has 2 aliphatic rings. The highest BCUT2D eigenvalue weighted by Crippen LogP contribution is 2.39. The monoisotopic (exact) mass is 201 g/mol. The van der Waals surface area contributed by atoms with Crippen molar-refractivity contribution < 1.29 is 9.59 Å². The molecule has 0 saturated heterocycles. The van der Waals surface area contributed by atoms with Crippen LogP contribution in [0, 0.1) is 0 Å². The summed E-state index contributed by atoms with van der Waals surface area (Å²) in [7, 11) is 0. The first-order valence-electron chi connectivity index (χ1n) is 5.26. The van der Waals surface area contributed by atoms with E-state index in [1.54, 1.807) is 6.07 Å². The van der Waals surface area contributed by atoms with E-state index in [4.69, 9.17) is 0 Å². The van der Waals surface area contributed by atoms with Gasteiger partial charge in [-0.3, -0.25) is 14.9 Å². The molecule has 1 fully saturated rings. The molecule has 1 N–H and O–H groups in total. The van der Waals surface area contributed by atoms with Gasteiger partial charge in [-0.2, -0.15) is 0 Å². The summed E-state index contributed by atoms with van der Waals surface area (Å²) in [5.74, 6) is 0.00488. The van der Waals surface area contributed by atoms with Gasteiger partial charge in [-0.25, -0.2) is 0 Å². The molecule has 0 spiro atoms. The number of fused-ring (bicyclic) bond motifs is 1. The van der Waals surface area contributed by atoms with Gasteiger partial charge < -0.3 is 0 Å². The number of nitrogens with one attached hydrogen (secondary N) is 1. The Morgan fingerprint density at radius 2 is 1.93 bits per heavy atom. The summed E-state index contributed by atoms with van der Waals surface area (Å²) in [6.07, 6.45) is 3.50. The lowest BCUT2D eigenvalue weighted by atomic mass is 9.77. The zero-order valence-corrected chi connectivity index (χ0v) is 8.25. The Hall–Kier alpha value is -1.64. The molecule has 0 unspecified atom stereocenters. The molecule has 0 aromatic heterocycles. The van der Waals surface area contributed by atoms with Gasteiger partial charge in [0.05, 0.1) is 11.1 Å². The summed E-state index contributed by atoms with van der Waals surface area (Å²) in [6, 6.07) is 5.56. The molecule has 1 heterocycles. The minimum Gasteiger partial charge on any atom is -0.288 e. The quantitative estimate of drug-likeness (QED) is 0.704. The highest BCUT2D eigenvalue weighted by molar-refractivity contribution is 6.22. The van der Waals surface area contributed by atoms with Crippen molar-refractivity contribution in [2.24, 2.45) is 0 Å². The third kappa shape index (κ3) is 1.12. The lowest BCUT2D eigenvalue weighted by Crippen LogP contribution is -2.21. The molecule has 3 nitrogen and oxygen atoms in total. The van der Waals surface area contributed by atoms with Gasteiger partial charge in [-0.15, -0.1) is 0 Å². The van der Waals surface area contributed by atoms with E-state index in [9.17, 15) is 9.59 Å². The van der Waals surface area contributed by atoms with Crippen LogP contribution in [0.25, 0.3) is 0 Å². The second kappa shape index (κ2) is 2.92. The Morgan fingerprint density at radius 1 is 1.13 bits per heavy atom.